The smallest absolute Gasteiger partial charge is 0.0367 e. The maximum atomic E-state index is 3.66. The molecule has 2 aliphatic rings. The molecular weight excluding hydrogens is 276 g/mol. The Bertz CT molecular complexity index is 397. The first-order chi connectivity index (χ1) is 8.17. The van der Waals surface area contributed by atoms with Crippen molar-refractivity contribution in [3.63, 3.8) is 0 Å². The highest BCUT2D eigenvalue weighted by Crippen LogP contribution is 2.47. The van der Waals surface area contributed by atoms with Crippen LogP contribution in [-0.4, -0.2) is 25.7 Å². The molecule has 1 aromatic carbocycles. The zero-order valence-corrected chi connectivity index (χ0v) is 11.8. The standard InChI is InChI=1S/C14H19BrN2/c1-11-8-17(10-14(6-7-14)9-16-11)13-4-2-12(15)3-5-13/h2-5,11,16H,6-10H2,1H3. The molecule has 1 heterocycles. The molecule has 1 aliphatic heterocycles. The fourth-order valence-electron chi connectivity index (χ4n) is 2.67. The second-order valence-corrected chi connectivity index (χ2v) is 6.55. The third kappa shape index (κ3) is 2.50. The lowest BCUT2D eigenvalue weighted by Gasteiger charge is -2.27. The summed E-state index contributed by atoms with van der Waals surface area (Å²) >= 11 is 3.50. The molecule has 1 aromatic rings. The second kappa shape index (κ2) is 4.29. The van der Waals surface area contributed by atoms with Crippen LogP contribution in [0.4, 0.5) is 5.69 Å². The van der Waals surface area contributed by atoms with Gasteiger partial charge in [0.25, 0.3) is 0 Å². The average Bonchev–Trinajstić information content (AvgIpc) is 3.09. The Hall–Kier alpha value is -0.540. The monoisotopic (exact) mass is 294 g/mol. The third-order valence-electron chi connectivity index (χ3n) is 3.99. The third-order valence-corrected chi connectivity index (χ3v) is 4.52. The van der Waals surface area contributed by atoms with Crippen molar-refractivity contribution in [2.75, 3.05) is 24.5 Å². The molecule has 1 saturated carbocycles. The number of rotatable bonds is 1. The van der Waals surface area contributed by atoms with Crippen LogP contribution in [0.1, 0.15) is 19.8 Å². The first-order valence-corrected chi connectivity index (χ1v) is 7.20. The Labute approximate surface area is 112 Å². The van der Waals surface area contributed by atoms with E-state index >= 15 is 0 Å². The average molecular weight is 295 g/mol. The predicted molar refractivity (Wildman–Crippen MR) is 75.5 cm³/mol. The van der Waals surface area contributed by atoms with Crippen molar-refractivity contribution in [1.82, 2.24) is 5.32 Å². The summed E-state index contributed by atoms with van der Waals surface area (Å²) in [6, 6.07) is 9.30. The highest BCUT2D eigenvalue weighted by atomic mass is 79.9. The number of hydrogen-bond donors (Lipinski definition) is 1. The summed E-state index contributed by atoms with van der Waals surface area (Å²) in [5, 5.41) is 3.66. The van der Waals surface area contributed by atoms with Gasteiger partial charge in [-0.05, 0) is 44.0 Å². The molecule has 1 aliphatic carbocycles. The van der Waals surface area contributed by atoms with E-state index in [2.05, 4.69) is 57.3 Å². The molecule has 1 N–H and O–H groups in total. The minimum atomic E-state index is 0.567. The molecular formula is C14H19BrN2. The predicted octanol–water partition coefficient (Wildman–Crippen LogP) is 3.03. The lowest BCUT2D eigenvalue weighted by molar-refractivity contribution is 0.479. The second-order valence-electron chi connectivity index (χ2n) is 5.64. The van der Waals surface area contributed by atoms with Crippen molar-refractivity contribution in [2.24, 2.45) is 5.41 Å². The summed E-state index contributed by atoms with van der Waals surface area (Å²) in [6.45, 7) is 5.81. The van der Waals surface area contributed by atoms with Crippen molar-refractivity contribution in [3.8, 4) is 0 Å². The van der Waals surface area contributed by atoms with Gasteiger partial charge in [-0.1, -0.05) is 15.9 Å². The van der Waals surface area contributed by atoms with Crippen LogP contribution in [0.2, 0.25) is 0 Å². The van der Waals surface area contributed by atoms with Gasteiger partial charge in [0.15, 0.2) is 0 Å². The van der Waals surface area contributed by atoms with E-state index in [1.54, 1.807) is 0 Å². The van der Waals surface area contributed by atoms with E-state index in [1.807, 2.05) is 0 Å². The summed E-state index contributed by atoms with van der Waals surface area (Å²) in [6.07, 6.45) is 2.78. The minimum absolute atomic E-state index is 0.567. The van der Waals surface area contributed by atoms with E-state index < -0.39 is 0 Å². The minimum Gasteiger partial charge on any atom is -0.369 e. The highest BCUT2D eigenvalue weighted by molar-refractivity contribution is 9.10. The van der Waals surface area contributed by atoms with Crippen molar-refractivity contribution in [3.05, 3.63) is 28.7 Å². The zero-order chi connectivity index (χ0) is 11.9. The number of nitrogens with zero attached hydrogens (tertiary/aromatic N) is 1. The molecule has 2 nitrogen and oxygen atoms in total. The Balaban J connectivity index is 1.82. The molecule has 17 heavy (non-hydrogen) atoms. The Morgan fingerprint density at radius 1 is 1.29 bits per heavy atom. The Morgan fingerprint density at radius 3 is 2.65 bits per heavy atom. The van der Waals surface area contributed by atoms with Gasteiger partial charge in [0.2, 0.25) is 0 Å². The van der Waals surface area contributed by atoms with Crippen LogP contribution < -0.4 is 10.2 Å². The zero-order valence-electron chi connectivity index (χ0n) is 10.2. The number of hydrogen-bond acceptors (Lipinski definition) is 2. The van der Waals surface area contributed by atoms with Crippen LogP contribution in [0.15, 0.2) is 28.7 Å². The van der Waals surface area contributed by atoms with Gasteiger partial charge >= 0.3 is 0 Å². The number of anilines is 1. The quantitative estimate of drug-likeness (QED) is 0.856. The molecule has 92 valence electrons. The van der Waals surface area contributed by atoms with Crippen molar-refractivity contribution in [2.45, 2.75) is 25.8 Å². The van der Waals surface area contributed by atoms with Gasteiger partial charge in [0.05, 0.1) is 0 Å². The molecule has 2 fully saturated rings. The largest absolute Gasteiger partial charge is 0.369 e. The van der Waals surface area contributed by atoms with E-state index in [1.165, 1.54) is 31.6 Å². The Morgan fingerprint density at radius 2 is 2.00 bits per heavy atom. The van der Waals surface area contributed by atoms with Gasteiger partial charge in [-0.15, -0.1) is 0 Å². The summed E-state index contributed by atoms with van der Waals surface area (Å²) in [4.78, 5) is 2.55. The molecule has 1 spiro atoms. The van der Waals surface area contributed by atoms with Gasteiger partial charge in [-0.2, -0.15) is 0 Å². The number of nitrogens with one attached hydrogen (secondary N) is 1. The normalized spacial score (nSPS) is 26.9. The van der Waals surface area contributed by atoms with Crippen LogP contribution in [0.5, 0.6) is 0 Å². The van der Waals surface area contributed by atoms with E-state index in [-0.39, 0.29) is 0 Å². The van der Waals surface area contributed by atoms with Gasteiger partial charge in [0, 0.05) is 41.3 Å². The van der Waals surface area contributed by atoms with E-state index in [4.69, 9.17) is 0 Å². The first kappa shape index (κ1) is 11.5. The van der Waals surface area contributed by atoms with E-state index in [0.29, 0.717) is 11.5 Å². The van der Waals surface area contributed by atoms with Crippen LogP contribution in [0, 0.1) is 5.41 Å². The van der Waals surface area contributed by atoms with Crippen molar-refractivity contribution < 1.29 is 0 Å². The topological polar surface area (TPSA) is 15.3 Å². The van der Waals surface area contributed by atoms with Gasteiger partial charge < -0.3 is 10.2 Å². The van der Waals surface area contributed by atoms with Gasteiger partial charge in [0.1, 0.15) is 0 Å². The van der Waals surface area contributed by atoms with E-state index in [9.17, 15) is 0 Å². The van der Waals surface area contributed by atoms with Crippen molar-refractivity contribution >= 4 is 21.6 Å². The molecule has 1 atom stereocenters. The summed E-state index contributed by atoms with van der Waals surface area (Å²) in [7, 11) is 0. The van der Waals surface area contributed by atoms with Gasteiger partial charge in [-0.25, -0.2) is 0 Å². The molecule has 0 bridgehead atoms. The number of benzene rings is 1. The molecule has 0 radical (unpaired) electrons. The van der Waals surface area contributed by atoms with Crippen LogP contribution >= 0.6 is 15.9 Å². The summed E-state index contributed by atoms with van der Waals surface area (Å²) in [5.74, 6) is 0. The first-order valence-electron chi connectivity index (χ1n) is 6.41. The fraction of sp³-hybridized carbons (Fsp3) is 0.571. The lowest BCUT2D eigenvalue weighted by Crippen LogP contribution is -2.35. The fourth-order valence-corrected chi connectivity index (χ4v) is 2.94. The molecule has 0 aromatic heterocycles. The van der Waals surface area contributed by atoms with Crippen LogP contribution in [0.3, 0.4) is 0 Å². The molecule has 1 unspecified atom stereocenters. The SMILES string of the molecule is CC1CN(c2ccc(Br)cc2)CC2(CC2)CN1. The molecule has 0 amide bonds. The summed E-state index contributed by atoms with van der Waals surface area (Å²) < 4.78 is 1.16. The Kier molecular flexibility index (Phi) is 2.91. The van der Waals surface area contributed by atoms with E-state index in [0.717, 1.165) is 11.0 Å². The molecule has 3 heteroatoms. The maximum absolute atomic E-state index is 3.66. The van der Waals surface area contributed by atoms with Crippen LogP contribution in [-0.2, 0) is 0 Å². The molecule has 1 saturated heterocycles. The molecule has 3 rings (SSSR count). The lowest BCUT2D eigenvalue weighted by atomic mass is 10.1. The van der Waals surface area contributed by atoms with Gasteiger partial charge in [-0.3, -0.25) is 0 Å². The van der Waals surface area contributed by atoms with Crippen molar-refractivity contribution in [1.29, 1.82) is 0 Å². The number of halogens is 1. The summed E-state index contributed by atoms with van der Waals surface area (Å²) in [5.41, 5.74) is 1.92. The highest BCUT2D eigenvalue weighted by Gasteiger charge is 2.45. The van der Waals surface area contributed by atoms with Crippen LogP contribution in [0.25, 0.3) is 0 Å². The maximum Gasteiger partial charge on any atom is 0.0367 e.